The Bertz CT molecular complexity index is 1040. The molecule has 0 fully saturated rings. The minimum absolute atomic E-state index is 0.177. The van der Waals surface area contributed by atoms with Crippen molar-refractivity contribution in [2.24, 2.45) is 0 Å². The van der Waals surface area contributed by atoms with E-state index in [-0.39, 0.29) is 10.6 Å². The summed E-state index contributed by atoms with van der Waals surface area (Å²) in [5.41, 5.74) is 2.12. The summed E-state index contributed by atoms with van der Waals surface area (Å²) in [5, 5.41) is 0. The summed E-state index contributed by atoms with van der Waals surface area (Å²) in [6, 6.07) is 6.70. The highest BCUT2D eigenvalue weighted by atomic mass is 79.9. The zero-order chi connectivity index (χ0) is 21.2. The highest BCUT2D eigenvalue weighted by Crippen LogP contribution is 2.23. The van der Waals surface area contributed by atoms with Gasteiger partial charge in [-0.3, -0.25) is 0 Å². The van der Waals surface area contributed by atoms with Gasteiger partial charge in [-0.05, 0) is 66.5 Å². The second-order valence-corrected chi connectivity index (χ2v) is 8.42. The number of benzene rings is 1. The zero-order valence-corrected chi connectivity index (χ0v) is 18.4. The van der Waals surface area contributed by atoms with Crippen molar-refractivity contribution < 1.29 is 18.7 Å². The molecule has 3 rings (SSSR count). The Kier molecular flexibility index (Phi) is 6.33. The molecular formula is C21H23BrFN3O3. The van der Waals surface area contributed by atoms with Crippen LogP contribution in [0.1, 0.15) is 42.5 Å². The van der Waals surface area contributed by atoms with Gasteiger partial charge in [0.05, 0.1) is 23.2 Å². The summed E-state index contributed by atoms with van der Waals surface area (Å²) >= 11 is 3.07. The Morgan fingerprint density at radius 2 is 2.03 bits per heavy atom. The number of nitrogens with zero attached hydrogens (tertiary/aromatic N) is 3. The van der Waals surface area contributed by atoms with Crippen LogP contribution in [0.2, 0.25) is 0 Å². The standard InChI is InChI=1S/C21H23BrFN3O3/c1-21(2,3)29-20(27)14-5-6-16-17(11-14)26(7-8-28-4)18(25-16)10-13-9-15(23)19(22)24-12-13/h5-6,9,11-12H,7-8,10H2,1-4H3. The minimum atomic E-state index is -0.577. The van der Waals surface area contributed by atoms with Gasteiger partial charge in [-0.1, -0.05) is 0 Å². The molecular weight excluding hydrogens is 441 g/mol. The van der Waals surface area contributed by atoms with Crippen molar-refractivity contribution in [3.63, 3.8) is 0 Å². The fourth-order valence-corrected chi connectivity index (χ4v) is 3.16. The van der Waals surface area contributed by atoms with Crippen LogP contribution in [-0.4, -0.2) is 39.8 Å². The maximum absolute atomic E-state index is 13.9. The molecule has 0 aliphatic rings. The van der Waals surface area contributed by atoms with E-state index in [1.165, 1.54) is 6.07 Å². The topological polar surface area (TPSA) is 66.2 Å². The van der Waals surface area contributed by atoms with E-state index in [4.69, 9.17) is 9.47 Å². The monoisotopic (exact) mass is 463 g/mol. The molecule has 154 valence electrons. The molecule has 0 radical (unpaired) electrons. The van der Waals surface area contributed by atoms with E-state index in [0.717, 1.165) is 16.9 Å². The molecule has 1 aromatic carbocycles. The molecule has 0 saturated heterocycles. The zero-order valence-electron chi connectivity index (χ0n) is 16.8. The normalized spacial score (nSPS) is 11.8. The summed E-state index contributed by atoms with van der Waals surface area (Å²) in [5.74, 6) is -0.0733. The number of esters is 1. The van der Waals surface area contributed by atoms with Gasteiger partial charge < -0.3 is 14.0 Å². The predicted octanol–water partition coefficient (Wildman–Crippen LogP) is 4.53. The first kappa shape index (κ1) is 21.4. The van der Waals surface area contributed by atoms with Crippen molar-refractivity contribution in [1.29, 1.82) is 0 Å². The van der Waals surface area contributed by atoms with E-state index in [9.17, 15) is 9.18 Å². The number of aromatic nitrogens is 3. The number of pyridine rings is 1. The third kappa shape index (κ3) is 5.19. The second kappa shape index (κ2) is 8.59. The predicted molar refractivity (Wildman–Crippen MR) is 111 cm³/mol. The number of fused-ring (bicyclic) bond motifs is 1. The maximum Gasteiger partial charge on any atom is 0.338 e. The number of hydrogen-bond donors (Lipinski definition) is 0. The number of hydrogen-bond acceptors (Lipinski definition) is 5. The van der Waals surface area contributed by atoms with Crippen LogP contribution in [0.4, 0.5) is 4.39 Å². The fraction of sp³-hybridized carbons (Fsp3) is 0.381. The number of carbonyl (C=O) groups excluding carboxylic acids is 1. The molecule has 0 atom stereocenters. The van der Waals surface area contributed by atoms with Crippen LogP contribution >= 0.6 is 15.9 Å². The number of rotatable bonds is 6. The molecule has 0 aliphatic carbocycles. The Labute approximate surface area is 177 Å². The molecule has 6 nitrogen and oxygen atoms in total. The maximum atomic E-state index is 13.9. The summed E-state index contributed by atoms with van der Waals surface area (Å²) in [7, 11) is 1.62. The van der Waals surface area contributed by atoms with Gasteiger partial charge in [0, 0.05) is 26.3 Å². The largest absolute Gasteiger partial charge is 0.456 e. The Morgan fingerprint density at radius 3 is 2.69 bits per heavy atom. The van der Waals surface area contributed by atoms with Crippen molar-refractivity contribution in [1.82, 2.24) is 14.5 Å². The molecule has 0 amide bonds. The summed E-state index contributed by atoms with van der Waals surface area (Å²) < 4.78 is 26.7. The van der Waals surface area contributed by atoms with Gasteiger partial charge in [-0.15, -0.1) is 0 Å². The Morgan fingerprint density at radius 1 is 1.28 bits per heavy atom. The third-order valence-corrected chi connectivity index (χ3v) is 4.78. The van der Waals surface area contributed by atoms with Crippen molar-refractivity contribution >= 4 is 32.9 Å². The van der Waals surface area contributed by atoms with Gasteiger partial charge in [-0.2, -0.15) is 0 Å². The highest BCUT2D eigenvalue weighted by Gasteiger charge is 2.20. The van der Waals surface area contributed by atoms with E-state index >= 15 is 0 Å². The Hall–Kier alpha value is -2.32. The molecule has 0 unspecified atom stereocenters. The van der Waals surface area contributed by atoms with Crippen LogP contribution in [-0.2, 0) is 22.4 Å². The summed E-state index contributed by atoms with van der Waals surface area (Å²) in [4.78, 5) is 21.2. The summed E-state index contributed by atoms with van der Waals surface area (Å²) in [6.07, 6.45) is 2.01. The van der Waals surface area contributed by atoms with E-state index in [1.807, 2.05) is 25.3 Å². The molecule has 2 heterocycles. The quantitative estimate of drug-likeness (QED) is 0.396. The Balaban J connectivity index is 2.00. The van der Waals surface area contributed by atoms with Crippen LogP contribution in [0.25, 0.3) is 11.0 Å². The van der Waals surface area contributed by atoms with Gasteiger partial charge in [0.15, 0.2) is 5.82 Å². The lowest BCUT2D eigenvalue weighted by Gasteiger charge is -2.19. The molecule has 0 bridgehead atoms. The van der Waals surface area contributed by atoms with Gasteiger partial charge in [0.1, 0.15) is 16.0 Å². The SMILES string of the molecule is COCCn1c(Cc2cnc(Br)c(F)c2)nc2ccc(C(=O)OC(C)(C)C)cc21. The average Bonchev–Trinajstić information content (AvgIpc) is 2.97. The third-order valence-electron chi connectivity index (χ3n) is 4.20. The first-order chi connectivity index (χ1) is 13.7. The lowest BCUT2D eigenvalue weighted by Crippen LogP contribution is -2.23. The van der Waals surface area contributed by atoms with Crippen molar-refractivity contribution in [2.75, 3.05) is 13.7 Å². The lowest BCUT2D eigenvalue weighted by molar-refractivity contribution is 0.00696. The smallest absolute Gasteiger partial charge is 0.338 e. The van der Waals surface area contributed by atoms with Crippen LogP contribution in [0.5, 0.6) is 0 Å². The van der Waals surface area contributed by atoms with E-state index in [1.54, 1.807) is 31.5 Å². The molecule has 8 heteroatoms. The van der Waals surface area contributed by atoms with Crippen molar-refractivity contribution in [2.45, 2.75) is 39.3 Å². The number of methoxy groups -OCH3 is 1. The van der Waals surface area contributed by atoms with Crippen LogP contribution in [0, 0.1) is 5.82 Å². The van der Waals surface area contributed by atoms with Gasteiger partial charge in [-0.25, -0.2) is 19.2 Å². The first-order valence-corrected chi connectivity index (χ1v) is 9.98. The average molecular weight is 464 g/mol. The van der Waals surface area contributed by atoms with Gasteiger partial charge in [0.2, 0.25) is 0 Å². The van der Waals surface area contributed by atoms with Gasteiger partial charge in [0.25, 0.3) is 0 Å². The number of halogens is 2. The lowest BCUT2D eigenvalue weighted by atomic mass is 10.1. The van der Waals surface area contributed by atoms with Crippen LogP contribution < -0.4 is 0 Å². The van der Waals surface area contributed by atoms with Crippen LogP contribution in [0.15, 0.2) is 35.1 Å². The van der Waals surface area contributed by atoms with Crippen LogP contribution in [0.3, 0.4) is 0 Å². The first-order valence-electron chi connectivity index (χ1n) is 9.19. The molecule has 0 aliphatic heterocycles. The van der Waals surface area contributed by atoms with Crippen molar-refractivity contribution in [3.05, 3.63) is 57.8 Å². The fourth-order valence-electron chi connectivity index (χ4n) is 2.94. The molecule has 3 aromatic rings. The van der Waals surface area contributed by atoms with E-state index in [2.05, 4.69) is 25.9 Å². The second-order valence-electron chi connectivity index (χ2n) is 7.67. The van der Waals surface area contributed by atoms with Gasteiger partial charge >= 0.3 is 5.97 Å². The molecule has 0 N–H and O–H groups in total. The molecule has 2 aromatic heterocycles. The minimum Gasteiger partial charge on any atom is -0.456 e. The number of ether oxygens (including phenoxy) is 2. The molecule has 0 spiro atoms. The highest BCUT2D eigenvalue weighted by molar-refractivity contribution is 9.10. The number of carbonyl (C=O) groups is 1. The van der Waals surface area contributed by atoms with E-state index in [0.29, 0.717) is 30.7 Å². The summed E-state index contributed by atoms with van der Waals surface area (Å²) in [6.45, 7) is 6.51. The van der Waals surface area contributed by atoms with E-state index < -0.39 is 11.4 Å². The number of imidazole rings is 1. The molecule has 29 heavy (non-hydrogen) atoms. The van der Waals surface area contributed by atoms with Crippen molar-refractivity contribution in [3.8, 4) is 0 Å². The molecule has 0 saturated carbocycles.